The fraction of sp³-hybridized carbons (Fsp3) is 0.316. The van der Waals surface area contributed by atoms with Crippen LogP contribution in [-0.2, 0) is 11.3 Å². The van der Waals surface area contributed by atoms with Gasteiger partial charge in [-0.1, -0.05) is 28.9 Å². The van der Waals surface area contributed by atoms with Crippen LogP contribution in [0.4, 0.5) is 4.39 Å². The van der Waals surface area contributed by atoms with E-state index in [1.165, 1.54) is 12.1 Å². The lowest BCUT2D eigenvalue weighted by atomic mass is 10.1. The number of rotatable bonds is 3. The van der Waals surface area contributed by atoms with Gasteiger partial charge >= 0.3 is 5.76 Å². The predicted molar refractivity (Wildman–Crippen MR) is 105 cm³/mol. The van der Waals surface area contributed by atoms with E-state index >= 15 is 0 Å². The number of hydrogen-bond donors (Lipinski definition) is 2. The Morgan fingerprint density at radius 3 is 2.76 bits per heavy atom. The standard InChI is InChI=1S/C13H16N4O4.C6H4ClF/c18-12-10(11-15-13(19)21-16-11)2-1-4-17(12)7-9-6-14-3-5-20-8-9;7-5-3-1-2-4-6(5)8/h1-2,4,9,14H,3,5-8H2,(H,15,16,19);1-4H. The van der Waals surface area contributed by atoms with Gasteiger partial charge in [0.15, 0.2) is 5.82 Å². The summed E-state index contributed by atoms with van der Waals surface area (Å²) >= 11 is 5.33. The number of hydrogen-bond acceptors (Lipinski definition) is 6. The van der Waals surface area contributed by atoms with Crippen molar-refractivity contribution in [1.82, 2.24) is 20.0 Å². The number of aromatic nitrogens is 3. The SMILES string of the molecule is Fc1ccccc1Cl.O=c1[nH]c(-c2cccn(CC3CNCCOC3)c2=O)no1. The number of H-pyrrole nitrogens is 1. The number of aromatic amines is 1. The molecule has 0 bridgehead atoms. The molecule has 3 heterocycles. The Hall–Kier alpha value is -2.75. The number of ether oxygens (including phenoxy) is 1. The van der Waals surface area contributed by atoms with Crippen LogP contribution < -0.4 is 16.6 Å². The maximum absolute atomic E-state index is 12.4. The predicted octanol–water partition coefficient (Wildman–Crippen LogP) is 1.91. The van der Waals surface area contributed by atoms with E-state index in [1.54, 1.807) is 35.0 Å². The molecule has 1 aromatic carbocycles. The van der Waals surface area contributed by atoms with Crippen LogP contribution in [0.1, 0.15) is 0 Å². The van der Waals surface area contributed by atoms with Gasteiger partial charge in [-0.05, 0) is 24.3 Å². The first-order chi connectivity index (χ1) is 14.0. The monoisotopic (exact) mass is 422 g/mol. The smallest absolute Gasteiger partial charge is 0.380 e. The van der Waals surface area contributed by atoms with Crippen LogP contribution in [0.2, 0.25) is 5.02 Å². The summed E-state index contributed by atoms with van der Waals surface area (Å²) in [6.45, 7) is 3.47. The van der Waals surface area contributed by atoms with Crippen molar-refractivity contribution in [1.29, 1.82) is 0 Å². The highest BCUT2D eigenvalue weighted by molar-refractivity contribution is 6.30. The van der Waals surface area contributed by atoms with Crippen LogP contribution in [-0.4, -0.2) is 41.0 Å². The highest BCUT2D eigenvalue weighted by Crippen LogP contribution is 2.11. The van der Waals surface area contributed by atoms with E-state index in [0.717, 1.165) is 13.1 Å². The molecule has 1 fully saturated rings. The summed E-state index contributed by atoms with van der Waals surface area (Å²) in [7, 11) is 0. The third kappa shape index (κ3) is 5.86. The molecule has 3 aromatic rings. The normalized spacial score (nSPS) is 16.6. The molecule has 4 rings (SSSR count). The number of halogens is 2. The number of nitrogens with zero attached hydrogens (tertiary/aromatic N) is 2. The van der Waals surface area contributed by atoms with E-state index in [9.17, 15) is 14.0 Å². The zero-order valence-corrected chi connectivity index (χ0v) is 16.2. The highest BCUT2D eigenvalue weighted by Gasteiger charge is 2.16. The molecule has 29 heavy (non-hydrogen) atoms. The fourth-order valence-corrected chi connectivity index (χ4v) is 2.94. The Balaban J connectivity index is 0.000000252. The average molecular weight is 423 g/mol. The van der Waals surface area contributed by atoms with Gasteiger partial charge in [0.25, 0.3) is 5.56 Å². The molecule has 2 N–H and O–H groups in total. The molecular formula is C19H20ClFN4O4. The lowest BCUT2D eigenvalue weighted by Crippen LogP contribution is -2.31. The number of nitrogens with one attached hydrogen (secondary N) is 2. The van der Waals surface area contributed by atoms with Crippen molar-refractivity contribution in [3.8, 4) is 11.4 Å². The molecule has 8 nitrogen and oxygen atoms in total. The van der Waals surface area contributed by atoms with E-state index in [2.05, 4.69) is 20.0 Å². The van der Waals surface area contributed by atoms with Gasteiger partial charge in [0, 0.05) is 31.7 Å². The number of pyridine rings is 1. The third-order valence-corrected chi connectivity index (χ3v) is 4.51. The zero-order valence-electron chi connectivity index (χ0n) is 15.4. The van der Waals surface area contributed by atoms with E-state index in [-0.39, 0.29) is 28.1 Å². The minimum atomic E-state index is -0.679. The molecule has 0 amide bonds. The van der Waals surface area contributed by atoms with Gasteiger partial charge in [-0.15, -0.1) is 0 Å². The first kappa shape index (κ1) is 21.0. The molecule has 0 spiro atoms. The van der Waals surface area contributed by atoms with E-state index in [0.29, 0.717) is 25.3 Å². The quantitative estimate of drug-likeness (QED) is 0.668. The first-order valence-electron chi connectivity index (χ1n) is 8.99. The van der Waals surface area contributed by atoms with Gasteiger partial charge in [-0.2, -0.15) is 0 Å². The van der Waals surface area contributed by atoms with Crippen LogP contribution in [0.15, 0.2) is 56.7 Å². The Labute approximate surface area is 170 Å². The van der Waals surface area contributed by atoms with Gasteiger partial charge in [-0.25, -0.2) is 9.18 Å². The van der Waals surface area contributed by atoms with Crippen molar-refractivity contribution in [3.63, 3.8) is 0 Å². The van der Waals surface area contributed by atoms with Crippen molar-refractivity contribution in [3.05, 3.63) is 74.3 Å². The van der Waals surface area contributed by atoms with Crippen molar-refractivity contribution >= 4 is 11.6 Å². The lowest BCUT2D eigenvalue weighted by Gasteiger charge is -2.15. The molecule has 1 unspecified atom stereocenters. The summed E-state index contributed by atoms with van der Waals surface area (Å²) in [5, 5.41) is 7.00. The molecule has 0 radical (unpaired) electrons. The summed E-state index contributed by atoms with van der Waals surface area (Å²) in [4.78, 5) is 25.8. The Morgan fingerprint density at radius 2 is 2.07 bits per heavy atom. The van der Waals surface area contributed by atoms with Crippen LogP contribution in [0.3, 0.4) is 0 Å². The molecule has 2 aromatic heterocycles. The maximum Gasteiger partial charge on any atom is 0.439 e. The van der Waals surface area contributed by atoms with Crippen LogP contribution >= 0.6 is 11.6 Å². The van der Waals surface area contributed by atoms with Crippen molar-refractivity contribution in [2.24, 2.45) is 5.92 Å². The molecule has 1 aliphatic rings. The molecule has 10 heteroatoms. The minimum Gasteiger partial charge on any atom is -0.380 e. The first-order valence-corrected chi connectivity index (χ1v) is 9.36. The van der Waals surface area contributed by atoms with Gasteiger partial charge < -0.3 is 14.6 Å². The van der Waals surface area contributed by atoms with E-state index < -0.39 is 5.76 Å². The molecule has 154 valence electrons. The maximum atomic E-state index is 12.4. The van der Waals surface area contributed by atoms with Gasteiger partial charge in [-0.3, -0.25) is 14.3 Å². The summed E-state index contributed by atoms with van der Waals surface area (Å²) in [5.41, 5.74) is 0.0946. The van der Waals surface area contributed by atoms with Gasteiger partial charge in [0.1, 0.15) is 5.82 Å². The zero-order chi connectivity index (χ0) is 20.6. The summed E-state index contributed by atoms with van der Waals surface area (Å²) in [6.07, 6.45) is 1.72. The minimum absolute atomic E-state index is 0.148. The van der Waals surface area contributed by atoms with Gasteiger partial charge in [0.2, 0.25) is 0 Å². The topological polar surface area (TPSA) is 102 Å². The van der Waals surface area contributed by atoms with Crippen LogP contribution in [0, 0.1) is 11.7 Å². The second kappa shape index (κ2) is 10.1. The second-order valence-electron chi connectivity index (χ2n) is 6.38. The molecule has 1 saturated heterocycles. The number of benzene rings is 1. The van der Waals surface area contributed by atoms with Crippen molar-refractivity contribution in [2.75, 3.05) is 26.3 Å². The largest absolute Gasteiger partial charge is 0.439 e. The molecular weight excluding hydrogens is 403 g/mol. The van der Waals surface area contributed by atoms with Crippen LogP contribution in [0.5, 0.6) is 0 Å². The van der Waals surface area contributed by atoms with E-state index in [4.69, 9.17) is 16.3 Å². The summed E-state index contributed by atoms with van der Waals surface area (Å²) in [6, 6.07) is 9.47. The van der Waals surface area contributed by atoms with Crippen molar-refractivity contribution in [2.45, 2.75) is 6.54 Å². The van der Waals surface area contributed by atoms with Crippen molar-refractivity contribution < 1.29 is 13.7 Å². The summed E-state index contributed by atoms with van der Waals surface area (Å²) in [5.74, 6) is -0.679. The van der Waals surface area contributed by atoms with E-state index in [1.807, 2.05) is 0 Å². The average Bonchev–Trinajstić information content (AvgIpc) is 2.98. The lowest BCUT2D eigenvalue weighted by molar-refractivity contribution is 0.117. The second-order valence-corrected chi connectivity index (χ2v) is 6.79. The fourth-order valence-electron chi connectivity index (χ4n) is 2.80. The Bertz CT molecular complexity index is 1020. The highest BCUT2D eigenvalue weighted by atomic mass is 35.5. The van der Waals surface area contributed by atoms with Crippen LogP contribution in [0.25, 0.3) is 11.4 Å². The Morgan fingerprint density at radius 1 is 1.24 bits per heavy atom. The van der Waals surface area contributed by atoms with Gasteiger partial charge in [0.05, 0.1) is 23.8 Å². The molecule has 0 saturated carbocycles. The summed E-state index contributed by atoms with van der Waals surface area (Å²) < 4.78 is 23.7. The molecule has 0 aliphatic carbocycles. The Kier molecular flexibility index (Phi) is 7.34. The molecule has 1 atom stereocenters. The molecule has 1 aliphatic heterocycles. The third-order valence-electron chi connectivity index (χ3n) is 4.20.